The fraction of sp³-hybridized carbons (Fsp3) is 0.278. The number of furan rings is 1. The minimum Gasteiger partial charge on any atom is -0.472 e. The van der Waals surface area contributed by atoms with E-state index in [9.17, 15) is 0 Å². The second-order valence-electron chi connectivity index (χ2n) is 5.32. The molecule has 0 aliphatic carbocycles. The third-order valence-corrected chi connectivity index (χ3v) is 3.71. The van der Waals surface area contributed by atoms with E-state index in [4.69, 9.17) is 9.40 Å². The monoisotopic (exact) mass is 280 g/mol. The number of aryl methyl sites for hydroxylation is 1. The summed E-state index contributed by atoms with van der Waals surface area (Å²) >= 11 is 0. The van der Waals surface area contributed by atoms with Crippen LogP contribution < -0.4 is 5.32 Å². The van der Waals surface area contributed by atoms with Crippen molar-refractivity contribution in [2.45, 2.75) is 26.3 Å². The highest BCUT2D eigenvalue weighted by molar-refractivity contribution is 5.82. The zero-order valence-corrected chi connectivity index (χ0v) is 12.5. The number of para-hydroxylation sites is 1. The predicted octanol–water partition coefficient (Wildman–Crippen LogP) is 4.23. The van der Waals surface area contributed by atoms with E-state index in [1.807, 2.05) is 12.1 Å². The topological polar surface area (TPSA) is 38.1 Å². The molecule has 3 heteroatoms. The van der Waals surface area contributed by atoms with Gasteiger partial charge in [-0.05, 0) is 43.7 Å². The van der Waals surface area contributed by atoms with Crippen LogP contribution in [0.4, 0.5) is 0 Å². The summed E-state index contributed by atoms with van der Waals surface area (Å²) in [6, 6.07) is 12.5. The summed E-state index contributed by atoms with van der Waals surface area (Å²) < 4.78 is 5.25. The molecule has 108 valence electrons. The summed E-state index contributed by atoms with van der Waals surface area (Å²) in [7, 11) is 0. The van der Waals surface area contributed by atoms with Crippen molar-refractivity contribution in [1.29, 1.82) is 0 Å². The Kier molecular flexibility index (Phi) is 4.02. The van der Waals surface area contributed by atoms with Gasteiger partial charge in [-0.1, -0.05) is 25.1 Å². The standard InChI is InChI=1S/C18H20N2O/c1-3-9-19-18(14-8-10-21-12-14)17-11-13(2)15-6-4-5-7-16(15)20-17/h4-8,10-12,18-19H,3,9H2,1-2H3. The van der Waals surface area contributed by atoms with Crippen LogP contribution in [0.2, 0.25) is 0 Å². The first-order valence-electron chi connectivity index (χ1n) is 7.41. The smallest absolute Gasteiger partial charge is 0.0954 e. The molecule has 3 aromatic rings. The number of nitrogens with zero attached hydrogens (tertiary/aromatic N) is 1. The fourth-order valence-electron chi connectivity index (χ4n) is 2.64. The largest absolute Gasteiger partial charge is 0.472 e. The van der Waals surface area contributed by atoms with Crippen LogP contribution in [0.15, 0.2) is 53.3 Å². The molecule has 0 saturated carbocycles. The van der Waals surface area contributed by atoms with Crippen LogP contribution in [0.25, 0.3) is 10.9 Å². The molecule has 0 bridgehead atoms. The molecular weight excluding hydrogens is 260 g/mol. The van der Waals surface area contributed by atoms with E-state index in [-0.39, 0.29) is 6.04 Å². The SMILES string of the molecule is CCCNC(c1ccoc1)c1cc(C)c2ccccc2n1. The number of hydrogen-bond donors (Lipinski definition) is 1. The first-order chi connectivity index (χ1) is 10.3. The molecule has 0 saturated heterocycles. The molecule has 0 fully saturated rings. The Bertz CT molecular complexity index is 719. The number of pyridine rings is 1. The van der Waals surface area contributed by atoms with Crippen LogP contribution in [0.3, 0.4) is 0 Å². The van der Waals surface area contributed by atoms with Crippen molar-refractivity contribution in [3.8, 4) is 0 Å². The Morgan fingerprint density at radius 1 is 1.24 bits per heavy atom. The third-order valence-electron chi connectivity index (χ3n) is 3.71. The zero-order chi connectivity index (χ0) is 14.7. The van der Waals surface area contributed by atoms with Crippen molar-refractivity contribution in [3.63, 3.8) is 0 Å². The third kappa shape index (κ3) is 2.83. The number of benzene rings is 1. The number of rotatable bonds is 5. The molecule has 1 N–H and O–H groups in total. The Labute approximate surface area is 125 Å². The lowest BCUT2D eigenvalue weighted by molar-refractivity contribution is 0.545. The molecule has 1 unspecified atom stereocenters. The van der Waals surface area contributed by atoms with Gasteiger partial charge in [-0.25, -0.2) is 0 Å². The molecule has 3 rings (SSSR count). The van der Waals surface area contributed by atoms with Crippen molar-refractivity contribution in [2.24, 2.45) is 0 Å². The number of aromatic nitrogens is 1. The molecule has 0 aliphatic rings. The highest BCUT2D eigenvalue weighted by Crippen LogP contribution is 2.25. The molecule has 2 aromatic heterocycles. The van der Waals surface area contributed by atoms with Crippen LogP contribution in [-0.4, -0.2) is 11.5 Å². The summed E-state index contributed by atoms with van der Waals surface area (Å²) in [6.45, 7) is 5.25. The first kappa shape index (κ1) is 13.8. The molecule has 0 spiro atoms. The van der Waals surface area contributed by atoms with Gasteiger partial charge in [-0.3, -0.25) is 4.98 Å². The molecule has 0 radical (unpaired) electrons. The molecule has 0 amide bonds. The van der Waals surface area contributed by atoms with Crippen molar-refractivity contribution >= 4 is 10.9 Å². The number of hydrogen-bond acceptors (Lipinski definition) is 3. The van der Waals surface area contributed by atoms with Gasteiger partial charge < -0.3 is 9.73 Å². The minimum absolute atomic E-state index is 0.0759. The summed E-state index contributed by atoms with van der Waals surface area (Å²) in [5.74, 6) is 0. The van der Waals surface area contributed by atoms with Gasteiger partial charge in [0, 0.05) is 10.9 Å². The first-order valence-corrected chi connectivity index (χ1v) is 7.41. The number of nitrogens with one attached hydrogen (secondary N) is 1. The minimum atomic E-state index is 0.0759. The van der Waals surface area contributed by atoms with Gasteiger partial charge in [0.15, 0.2) is 0 Å². The maximum absolute atomic E-state index is 5.25. The molecular formula is C18H20N2O. The second kappa shape index (κ2) is 6.10. The normalized spacial score (nSPS) is 12.7. The highest BCUT2D eigenvalue weighted by Gasteiger charge is 2.17. The van der Waals surface area contributed by atoms with Crippen LogP contribution in [0.1, 0.15) is 36.2 Å². The van der Waals surface area contributed by atoms with E-state index in [1.165, 1.54) is 10.9 Å². The van der Waals surface area contributed by atoms with Crippen LogP contribution >= 0.6 is 0 Å². The Hall–Kier alpha value is -2.13. The van der Waals surface area contributed by atoms with Crippen molar-refractivity contribution in [2.75, 3.05) is 6.54 Å². The molecule has 0 aliphatic heterocycles. The van der Waals surface area contributed by atoms with E-state index in [1.54, 1.807) is 12.5 Å². The van der Waals surface area contributed by atoms with E-state index >= 15 is 0 Å². The summed E-state index contributed by atoms with van der Waals surface area (Å²) in [5, 5.41) is 4.77. The Morgan fingerprint density at radius 2 is 2.10 bits per heavy atom. The van der Waals surface area contributed by atoms with Gasteiger partial charge in [0.05, 0.1) is 29.8 Å². The molecule has 3 nitrogen and oxygen atoms in total. The van der Waals surface area contributed by atoms with Crippen LogP contribution in [-0.2, 0) is 0 Å². The molecule has 2 heterocycles. The van der Waals surface area contributed by atoms with E-state index in [0.29, 0.717) is 0 Å². The number of fused-ring (bicyclic) bond motifs is 1. The Morgan fingerprint density at radius 3 is 2.86 bits per heavy atom. The Balaban J connectivity index is 2.06. The van der Waals surface area contributed by atoms with Crippen molar-refractivity contribution in [3.05, 3.63) is 65.7 Å². The van der Waals surface area contributed by atoms with E-state index in [2.05, 4.69) is 43.4 Å². The average molecular weight is 280 g/mol. The summed E-state index contributed by atoms with van der Waals surface area (Å²) in [4.78, 5) is 4.84. The van der Waals surface area contributed by atoms with Crippen LogP contribution in [0.5, 0.6) is 0 Å². The molecule has 21 heavy (non-hydrogen) atoms. The lowest BCUT2D eigenvalue weighted by atomic mass is 10.0. The van der Waals surface area contributed by atoms with Gasteiger partial charge in [0.25, 0.3) is 0 Å². The van der Waals surface area contributed by atoms with E-state index in [0.717, 1.165) is 29.7 Å². The lowest BCUT2D eigenvalue weighted by Gasteiger charge is -2.18. The molecule has 1 atom stereocenters. The van der Waals surface area contributed by atoms with Crippen molar-refractivity contribution in [1.82, 2.24) is 10.3 Å². The van der Waals surface area contributed by atoms with Gasteiger partial charge >= 0.3 is 0 Å². The molecule has 1 aromatic carbocycles. The zero-order valence-electron chi connectivity index (χ0n) is 12.5. The predicted molar refractivity (Wildman–Crippen MR) is 85.3 cm³/mol. The summed E-state index contributed by atoms with van der Waals surface area (Å²) in [6.07, 6.45) is 4.59. The van der Waals surface area contributed by atoms with Crippen LogP contribution in [0, 0.1) is 6.92 Å². The maximum atomic E-state index is 5.25. The highest BCUT2D eigenvalue weighted by atomic mass is 16.3. The average Bonchev–Trinajstić information content (AvgIpc) is 3.02. The second-order valence-corrected chi connectivity index (χ2v) is 5.32. The fourth-order valence-corrected chi connectivity index (χ4v) is 2.64. The van der Waals surface area contributed by atoms with E-state index < -0.39 is 0 Å². The quantitative estimate of drug-likeness (QED) is 0.760. The lowest BCUT2D eigenvalue weighted by Crippen LogP contribution is -2.23. The van der Waals surface area contributed by atoms with Crippen molar-refractivity contribution < 1.29 is 4.42 Å². The van der Waals surface area contributed by atoms with Gasteiger partial charge in [0.1, 0.15) is 0 Å². The van der Waals surface area contributed by atoms with Gasteiger partial charge in [0.2, 0.25) is 0 Å². The van der Waals surface area contributed by atoms with Gasteiger partial charge in [-0.15, -0.1) is 0 Å². The van der Waals surface area contributed by atoms with Gasteiger partial charge in [-0.2, -0.15) is 0 Å². The maximum Gasteiger partial charge on any atom is 0.0954 e. The summed E-state index contributed by atoms with van der Waals surface area (Å²) in [5.41, 5.74) is 4.45.